The summed E-state index contributed by atoms with van der Waals surface area (Å²) >= 11 is 0.722. The zero-order valence-electron chi connectivity index (χ0n) is 22.2. The van der Waals surface area contributed by atoms with E-state index in [1.54, 1.807) is 4.90 Å². The number of amides is 2. The Balaban J connectivity index is 1.80. The van der Waals surface area contributed by atoms with Gasteiger partial charge in [-0.05, 0) is 65.9 Å². The van der Waals surface area contributed by atoms with Crippen LogP contribution in [-0.4, -0.2) is 61.6 Å². The van der Waals surface area contributed by atoms with E-state index < -0.39 is 34.7 Å². The molecule has 2 bridgehead atoms. The molecule has 0 saturated carbocycles. The van der Waals surface area contributed by atoms with E-state index in [1.165, 1.54) is 13.8 Å². The fraction of sp³-hybridized carbons (Fsp3) is 0.615. The average molecular weight is 554 g/mol. The molecule has 0 aliphatic carbocycles. The summed E-state index contributed by atoms with van der Waals surface area (Å²) in [5.74, 6) is -1.08. The van der Waals surface area contributed by atoms with E-state index in [4.69, 9.17) is 0 Å². The first-order valence-electron chi connectivity index (χ1n) is 12.8. The van der Waals surface area contributed by atoms with Gasteiger partial charge in [0.05, 0.1) is 16.0 Å². The minimum absolute atomic E-state index is 0.0255. The minimum atomic E-state index is -4.74. The van der Waals surface area contributed by atoms with E-state index in [0.717, 1.165) is 49.3 Å². The van der Waals surface area contributed by atoms with Crippen LogP contribution >= 0.6 is 11.3 Å². The van der Waals surface area contributed by atoms with E-state index in [-0.39, 0.29) is 45.6 Å². The molecule has 0 atom stereocenters. The van der Waals surface area contributed by atoms with Crippen molar-refractivity contribution in [2.75, 3.05) is 11.9 Å². The zero-order chi connectivity index (χ0) is 28.0. The fourth-order valence-electron chi connectivity index (χ4n) is 4.86. The van der Waals surface area contributed by atoms with Crippen LogP contribution in [0.3, 0.4) is 0 Å². The Kier molecular flexibility index (Phi) is 7.52. The van der Waals surface area contributed by atoms with Gasteiger partial charge in [-0.2, -0.15) is 13.2 Å². The smallest absolute Gasteiger partial charge is 0.389 e. The first-order valence-corrected chi connectivity index (χ1v) is 13.6. The summed E-state index contributed by atoms with van der Waals surface area (Å²) in [6.45, 7) is 8.56. The highest BCUT2D eigenvalue weighted by Gasteiger charge is 2.45. The van der Waals surface area contributed by atoms with Gasteiger partial charge in [0.15, 0.2) is 5.01 Å². The van der Waals surface area contributed by atoms with E-state index in [1.807, 2.05) is 20.8 Å². The molecule has 4 heterocycles. The van der Waals surface area contributed by atoms with Crippen molar-refractivity contribution in [3.63, 3.8) is 0 Å². The van der Waals surface area contributed by atoms with Crippen molar-refractivity contribution >= 4 is 29.0 Å². The summed E-state index contributed by atoms with van der Waals surface area (Å²) < 4.78 is 43.0. The molecule has 0 spiro atoms. The molecular weight excluding hydrogens is 519 g/mol. The third-order valence-electron chi connectivity index (χ3n) is 7.20. The summed E-state index contributed by atoms with van der Waals surface area (Å²) in [6, 6.07) is 0.990. The normalized spacial score (nSPS) is 19.7. The number of aromatic nitrogens is 2. The number of alkyl halides is 3. The fourth-order valence-corrected chi connectivity index (χ4v) is 5.86. The lowest BCUT2D eigenvalue weighted by molar-refractivity contribution is -0.137. The number of carbonyl (C=O) groups excluding carboxylic acids is 2. The van der Waals surface area contributed by atoms with E-state index in [9.17, 15) is 27.9 Å². The summed E-state index contributed by atoms with van der Waals surface area (Å²) in [7, 11) is 0. The Bertz CT molecular complexity index is 1200. The summed E-state index contributed by atoms with van der Waals surface area (Å²) in [6.07, 6.45) is 0.390. The Labute approximate surface area is 224 Å². The van der Waals surface area contributed by atoms with Gasteiger partial charge in [0.1, 0.15) is 11.5 Å². The number of rotatable bonds is 8. The van der Waals surface area contributed by atoms with Gasteiger partial charge in [-0.15, -0.1) is 11.3 Å². The second-order valence-electron chi connectivity index (χ2n) is 11.3. The SMILES string of the molecule is CCC(C)(C)Nc1cc(C(F)(F)F)c(-c2sc(C(=O)NCC(C)(C)O)nc2C(=O)N2[C@H]3CC[C@H]2CC3)cn1. The van der Waals surface area contributed by atoms with Crippen molar-refractivity contribution in [3.05, 3.63) is 28.5 Å². The molecular formula is C26H34F3N5O3S. The maximum Gasteiger partial charge on any atom is 0.417 e. The number of fused-ring (bicyclic) bond motifs is 2. The molecule has 2 aliphatic rings. The maximum atomic E-state index is 14.3. The summed E-state index contributed by atoms with van der Waals surface area (Å²) in [5.41, 5.74) is -3.13. The monoisotopic (exact) mass is 553 g/mol. The van der Waals surface area contributed by atoms with E-state index in [0.29, 0.717) is 6.42 Å². The largest absolute Gasteiger partial charge is 0.417 e. The molecule has 208 valence electrons. The van der Waals surface area contributed by atoms with Gasteiger partial charge in [-0.25, -0.2) is 9.97 Å². The third kappa shape index (κ3) is 5.96. The van der Waals surface area contributed by atoms with E-state index in [2.05, 4.69) is 20.6 Å². The Hall–Kier alpha value is -2.73. The molecule has 2 aromatic rings. The van der Waals surface area contributed by atoms with Gasteiger partial charge in [-0.3, -0.25) is 9.59 Å². The Morgan fingerprint density at radius 3 is 2.26 bits per heavy atom. The number of pyridine rings is 1. The quantitative estimate of drug-likeness (QED) is 0.420. The second-order valence-corrected chi connectivity index (χ2v) is 12.3. The molecule has 8 nitrogen and oxygen atoms in total. The van der Waals surface area contributed by atoms with Gasteiger partial charge in [0.2, 0.25) is 0 Å². The molecule has 0 aromatic carbocycles. The van der Waals surface area contributed by atoms with Crippen LogP contribution in [-0.2, 0) is 6.18 Å². The van der Waals surface area contributed by atoms with Crippen molar-refractivity contribution in [2.45, 2.75) is 96.1 Å². The number of nitrogens with one attached hydrogen (secondary N) is 2. The van der Waals surface area contributed by atoms with Crippen LogP contribution in [0.25, 0.3) is 10.4 Å². The Morgan fingerprint density at radius 1 is 1.13 bits per heavy atom. The van der Waals surface area contributed by atoms with Gasteiger partial charge < -0.3 is 20.6 Å². The van der Waals surface area contributed by atoms with Crippen LogP contribution in [0.4, 0.5) is 19.0 Å². The van der Waals surface area contributed by atoms with Crippen molar-refractivity contribution in [2.24, 2.45) is 0 Å². The topological polar surface area (TPSA) is 107 Å². The highest BCUT2D eigenvalue weighted by Crippen LogP contribution is 2.44. The molecule has 4 rings (SSSR count). The van der Waals surface area contributed by atoms with Crippen LogP contribution in [0, 0.1) is 0 Å². The zero-order valence-corrected chi connectivity index (χ0v) is 23.0. The third-order valence-corrected chi connectivity index (χ3v) is 8.28. The van der Waals surface area contributed by atoms with Gasteiger partial charge in [0, 0.05) is 35.9 Å². The summed E-state index contributed by atoms with van der Waals surface area (Å²) in [5, 5.41) is 15.4. The first kappa shape index (κ1) is 28.3. The summed E-state index contributed by atoms with van der Waals surface area (Å²) in [4.78, 5) is 36.7. The molecule has 0 unspecified atom stereocenters. The number of halogens is 3. The van der Waals surface area contributed by atoms with Crippen molar-refractivity contribution < 1.29 is 27.9 Å². The molecule has 3 N–H and O–H groups in total. The molecule has 2 saturated heterocycles. The number of hydrogen-bond donors (Lipinski definition) is 3. The lowest BCUT2D eigenvalue weighted by Gasteiger charge is -2.26. The highest BCUT2D eigenvalue weighted by atomic mass is 32.1. The lowest BCUT2D eigenvalue weighted by Crippen LogP contribution is -2.38. The average Bonchev–Trinajstić information content (AvgIpc) is 3.55. The molecule has 2 fully saturated rings. The van der Waals surface area contributed by atoms with Crippen LogP contribution in [0.1, 0.15) is 92.6 Å². The number of carbonyl (C=O) groups is 2. The Morgan fingerprint density at radius 2 is 1.74 bits per heavy atom. The standard InChI is InChI=1S/C26H34F3N5O3S/c1-6-24(2,3)33-18-11-17(26(27,28)29)16(12-30-18)20-19(23(36)34-14-7-8-15(34)10-9-14)32-22(38-20)21(35)31-13-25(4,5)37/h11-12,14-15,37H,6-10,13H2,1-5H3,(H,30,33)(H,31,35)/t14-,15-. The molecule has 38 heavy (non-hydrogen) atoms. The molecule has 2 amide bonds. The molecule has 2 aliphatic heterocycles. The van der Waals surface area contributed by atoms with Gasteiger partial charge >= 0.3 is 6.18 Å². The minimum Gasteiger partial charge on any atom is -0.389 e. The van der Waals surface area contributed by atoms with Gasteiger partial charge in [0.25, 0.3) is 11.8 Å². The number of hydrogen-bond acceptors (Lipinski definition) is 7. The molecule has 0 radical (unpaired) electrons. The molecule has 2 aromatic heterocycles. The van der Waals surface area contributed by atoms with Crippen molar-refractivity contribution in [3.8, 4) is 10.4 Å². The predicted octanol–water partition coefficient (Wildman–Crippen LogP) is 5.09. The van der Waals surface area contributed by atoms with Crippen LogP contribution in [0.15, 0.2) is 12.3 Å². The second kappa shape index (κ2) is 10.1. The van der Waals surface area contributed by atoms with Crippen molar-refractivity contribution in [1.82, 2.24) is 20.2 Å². The maximum absolute atomic E-state index is 14.3. The van der Waals surface area contributed by atoms with Crippen LogP contribution in [0.5, 0.6) is 0 Å². The number of nitrogens with zero attached hydrogens (tertiary/aromatic N) is 3. The molecule has 12 heteroatoms. The van der Waals surface area contributed by atoms with E-state index >= 15 is 0 Å². The van der Waals surface area contributed by atoms with Crippen molar-refractivity contribution in [1.29, 1.82) is 0 Å². The number of aliphatic hydroxyl groups is 1. The number of anilines is 1. The first-order chi connectivity index (χ1) is 17.6. The van der Waals surface area contributed by atoms with Gasteiger partial charge in [-0.1, -0.05) is 6.92 Å². The lowest BCUT2D eigenvalue weighted by atomic mass is 10.0. The van der Waals surface area contributed by atoms with Crippen LogP contribution in [0.2, 0.25) is 0 Å². The highest BCUT2D eigenvalue weighted by molar-refractivity contribution is 7.17. The predicted molar refractivity (Wildman–Crippen MR) is 139 cm³/mol. The number of thiazole rings is 1. The van der Waals surface area contributed by atoms with Crippen LogP contribution < -0.4 is 10.6 Å².